The van der Waals surface area contributed by atoms with Crippen LogP contribution in [-0.4, -0.2) is 16.2 Å². The Hall–Kier alpha value is -2.03. The van der Waals surface area contributed by atoms with Crippen LogP contribution in [0.2, 0.25) is 0 Å². The third-order valence-electron chi connectivity index (χ3n) is 2.33. The number of aromatic nitrogens is 2. The second-order valence-electron chi connectivity index (χ2n) is 3.94. The van der Waals surface area contributed by atoms with Crippen molar-refractivity contribution < 1.29 is 0 Å². The summed E-state index contributed by atoms with van der Waals surface area (Å²) in [6.07, 6.45) is 1.79. The molecule has 0 amide bonds. The topological polar surface area (TPSA) is 38.1 Å². The molecule has 0 aliphatic rings. The Bertz CT molecular complexity index is 532. The molecule has 0 aliphatic carbocycles. The third kappa shape index (κ3) is 3.48. The summed E-state index contributed by atoms with van der Waals surface area (Å²) in [5, 5.41) is 0. The standard InChI is InChI=1S/C14H15N3/c1-11-5-3-7-13(16-11)9-15-10-14-8-4-6-12(2)17-14/h3-9H,10H2,1-2H3/b15-9+. The number of hydrogen-bond donors (Lipinski definition) is 0. The predicted octanol–water partition coefficient (Wildman–Crippen LogP) is 2.71. The molecule has 17 heavy (non-hydrogen) atoms. The van der Waals surface area contributed by atoms with Gasteiger partial charge in [0.05, 0.1) is 17.9 Å². The molecule has 0 radical (unpaired) electrons. The molecule has 0 atom stereocenters. The second-order valence-corrected chi connectivity index (χ2v) is 3.94. The van der Waals surface area contributed by atoms with Gasteiger partial charge in [0.15, 0.2) is 0 Å². The molecule has 0 aromatic carbocycles. The van der Waals surface area contributed by atoms with E-state index in [0.717, 1.165) is 22.8 Å². The van der Waals surface area contributed by atoms with Gasteiger partial charge in [-0.2, -0.15) is 0 Å². The van der Waals surface area contributed by atoms with E-state index in [-0.39, 0.29) is 0 Å². The summed E-state index contributed by atoms with van der Waals surface area (Å²) in [5.41, 5.74) is 3.89. The Labute approximate surface area is 101 Å². The van der Waals surface area contributed by atoms with Gasteiger partial charge in [-0.05, 0) is 38.1 Å². The van der Waals surface area contributed by atoms with Gasteiger partial charge in [-0.15, -0.1) is 0 Å². The van der Waals surface area contributed by atoms with Crippen molar-refractivity contribution in [2.24, 2.45) is 4.99 Å². The van der Waals surface area contributed by atoms with Crippen molar-refractivity contribution in [3.05, 3.63) is 59.2 Å². The first-order chi connectivity index (χ1) is 8.24. The highest BCUT2D eigenvalue weighted by Crippen LogP contribution is 2.00. The fraction of sp³-hybridized carbons (Fsp3) is 0.214. The first kappa shape index (κ1) is 11.5. The molecule has 2 rings (SSSR count). The molecule has 0 N–H and O–H groups in total. The number of rotatable bonds is 3. The SMILES string of the molecule is Cc1cccc(/C=N/Cc2cccc(C)n2)n1. The lowest BCUT2D eigenvalue weighted by atomic mass is 10.3. The predicted molar refractivity (Wildman–Crippen MR) is 69.2 cm³/mol. The van der Waals surface area contributed by atoms with Crippen molar-refractivity contribution in [3.63, 3.8) is 0 Å². The molecule has 0 spiro atoms. The van der Waals surface area contributed by atoms with E-state index in [1.165, 1.54) is 0 Å². The summed E-state index contributed by atoms with van der Waals surface area (Å²) in [7, 11) is 0. The average molecular weight is 225 g/mol. The molecule has 2 heterocycles. The van der Waals surface area contributed by atoms with E-state index in [4.69, 9.17) is 0 Å². The first-order valence-electron chi connectivity index (χ1n) is 5.60. The summed E-state index contributed by atoms with van der Waals surface area (Å²) >= 11 is 0. The monoisotopic (exact) mass is 225 g/mol. The Kier molecular flexibility index (Phi) is 3.60. The molecule has 0 aliphatic heterocycles. The maximum Gasteiger partial charge on any atom is 0.0812 e. The van der Waals surface area contributed by atoms with E-state index >= 15 is 0 Å². The molecule has 0 saturated carbocycles. The summed E-state index contributed by atoms with van der Waals surface area (Å²) in [6, 6.07) is 11.9. The van der Waals surface area contributed by atoms with Gasteiger partial charge in [0.2, 0.25) is 0 Å². The summed E-state index contributed by atoms with van der Waals surface area (Å²) in [6.45, 7) is 4.55. The zero-order valence-corrected chi connectivity index (χ0v) is 10.1. The van der Waals surface area contributed by atoms with Gasteiger partial charge in [-0.3, -0.25) is 15.0 Å². The van der Waals surface area contributed by atoms with Gasteiger partial charge < -0.3 is 0 Å². The van der Waals surface area contributed by atoms with Crippen molar-refractivity contribution in [1.29, 1.82) is 0 Å². The van der Waals surface area contributed by atoms with Gasteiger partial charge in [0.1, 0.15) is 0 Å². The van der Waals surface area contributed by atoms with E-state index in [1.807, 2.05) is 50.2 Å². The van der Waals surface area contributed by atoms with Crippen LogP contribution < -0.4 is 0 Å². The van der Waals surface area contributed by atoms with Crippen molar-refractivity contribution in [2.75, 3.05) is 0 Å². The minimum absolute atomic E-state index is 0.595. The van der Waals surface area contributed by atoms with E-state index < -0.39 is 0 Å². The summed E-state index contributed by atoms with van der Waals surface area (Å²) < 4.78 is 0. The van der Waals surface area contributed by atoms with E-state index in [1.54, 1.807) is 6.21 Å². The molecule has 0 bridgehead atoms. The first-order valence-corrected chi connectivity index (χ1v) is 5.60. The van der Waals surface area contributed by atoms with E-state index in [0.29, 0.717) is 6.54 Å². The third-order valence-corrected chi connectivity index (χ3v) is 2.33. The zero-order valence-electron chi connectivity index (χ0n) is 10.1. The number of aliphatic imine (C=N–C) groups is 1. The van der Waals surface area contributed by atoms with Crippen LogP contribution in [0.15, 0.2) is 41.4 Å². The largest absolute Gasteiger partial charge is 0.285 e. The second kappa shape index (κ2) is 5.34. The van der Waals surface area contributed by atoms with Gasteiger partial charge in [0, 0.05) is 17.6 Å². The summed E-state index contributed by atoms with van der Waals surface area (Å²) in [4.78, 5) is 13.1. The summed E-state index contributed by atoms with van der Waals surface area (Å²) in [5.74, 6) is 0. The Morgan fingerprint density at radius 3 is 2.41 bits per heavy atom. The number of pyridine rings is 2. The van der Waals surface area contributed by atoms with Crippen LogP contribution in [0.3, 0.4) is 0 Å². The van der Waals surface area contributed by atoms with Gasteiger partial charge in [-0.25, -0.2) is 0 Å². The number of hydrogen-bond acceptors (Lipinski definition) is 3. The molecule has 0 fully saturated rings. The van der Waals surface area contributed by atoms with Gasteiger partial charge >= 0.3 is 0 Å². The lowest BCUT2D eigenvalue weighted by molar-refractivity contribution is 0.972. The molecule has 3 heteroatoms. The number of aryl methyl sites for hydroxylation is 2. The Balaban J connectivity index is 2.03. The molecular formula is C14H15N3. The normalized spacial score (nSPS) is 10.9. The van der Waals surface area contributed by atoms with Crippen molar-refractivity contribution in [1.82, 2.24) is 9.97 Å². The maximum atomic E-state index is 4.39. The molecular weight excluding hydrogens is 210 g/mol. The molecule has 3 nitrogen and oxygen atoms in total. The quantitative estimate of drug-likeness (QED) is 0.753. The highest BCUT2D eigenvalue weighted by Gasteiger charge is 1.93. The van der Waals surface area contributed by atoms with Crippen LogP contribution in [-0.2, 0) is 6.54 Å². The minimum atomic E-state index is 0.595. The molecule has 0 unspecified atom stereocenters. The Morgan fingerprint density at radius 1 is 1.00 bits per heavy atom. The van der Waals surface area contributed by atoms with Crippen LogP contribution in [0.4, 0.5) is 0 Å². The van der Waals surface area contributed by atoms with Crippen molar-refractivity contribution in [2.45, 2.75) is 20.4 Å². The molecule has 86 valence electrons. The molecule has 2 aromatic rings. The number of nitrogens with zero attached hydrogens (tertiary/aromatic N) is 3. The van der Waals surface area contributed by atoms with Gasteiger partial charge in [0.25, 0.3) is 0 Å². The maximum absolute atomic E-state index is 4.39. The van der Waals surface area contributed by atoms with Gasteiger partial charge in [-0.1, -0.05) is 12.1 Å². The van der Waals surface area contributed by atoms with Crippen LogP contribution in [0, 0.1) is 13.8 Å². The van der Waals surface area contributed by atoms with Crippen LogP contribution in [0.25, 0.3) is 0 Å². The van der Waals surface area contributed by atoms with Crippen molar-refractivity contribution in [3.8, 4) is 0 Å². The lowest BCUT2D eigenvalue weighted by Crippen LogP contribution is -1.92. The minimum Gasteiger partial charge on any atom is -0.285 e. The van der Waals surface area contributed by atoms with Crippen molar-refractivity contribution >= 4 is 6.21 Å². The van der Waals surface area contributed by atoms with E-state index in [9.17, 15) is 0 Å². The highest BCUT2D eigenvalue weighted by molar-refractivity contribution is 5.76. The van der Waals surface area contributed by atoms with Crippen LogP contribution >= 0.6 is 0 Å². The fourth-order valence-electron chi connectivity index (χ4n) is 1.56. The average Bonchev–Trinajstić information content (AvgIpc) is 2.29. The zero-order chi connectivity index (χ0) is 12.1. The highest BCUT2D eigenvalue weighted by atomic mass is 14.8. The molecule has 2 aromatic heterocycles. The van der Waals surface area contributed by atoms with E-state index in [2.05, 4.69) is 15.0 Å². The van der Waals surface area contributed by atoms with Crippen LogP contribution in [0.1, 0.15) is 22.8 Å². The van der Waals surface area contributed by atoms with Crippen LogP contribution in [0.5, 0.6) is 0 Å². The Morgan fingerprint density at radius 2 is 1.71 bits per heavy atom. The smallest absolute Gasteiger partial charge is 0.0812 e. The molecule has 0 saturated heterocycles. The fourth-order valence-corrected chi connectivity index (χ4v) is 1.56. The lowest BCUT2D eigenvalue weighted by Gasteiger charge is -1.97.